The molecule has 1 aromatic carbocycles. The first kappa shape index (κ1) is 22.0. The molecule has 0 bridgehead atoms. The highest BCUT2D eigenvalue weighted by Gasteiger charge is 2.01. The van der Waals surface area contributed by atoms with E-state index in [4.69, 9.17) is 4.74 Å². The number of aliphatic imine (C=N–C) groups is 1. The molecule has 0 unspecified atom stereocenters. The summed E-state index contributed by atoms with van der Waals surface area (Å²) in [7, 11) is 1.66. The lowest BCUT2D eigenvalue weighted by atomic mass is 10.2. The maximum atomic E-state index is 5.19. The van der Waals surface area contributed by atoms with Crippen LogP contribution in [0.5, 0.6) is 5.75 Å². The highest BCUT2D eigenvalue weighted by molar-refractivity contribution is 6.01. The van der Waals surface area contributed by atoms with Crippen molar-refractivity contribution in [2.75, 3.05) is 12.4 Å². The molecule has 5 nitrogen and oxygen atoms in total. The number of aromatic nitrogens is 2. The first-order valence-electron chi connectivity index (χ1n) is 8.91. The highest BCUT2D eigenvalue weighted by Crippen LogP contribution is 2.18. The van der Waals surface area contributed by atoms with Crippen molar-refractivity contribution in [3.8, 4) is 5.75 Å². The topological polar surface area (TPSA) is 62.3 Å². The number of rotatable bonds is 6. The number of benzene rings is 1. The summed E-state index contributed by atoms with van der Waals surface area (Å²) in [6.07, 6.45) is 11.5. The standard InChI is InChI=1S/C15H20N2O.C7H10N2/c1-5-10-16-12(3)15(6-2)17-13-8-7-9-14(11-13)18-4;1-3-6(2)7-4-8-9-5-7/h5-11,17H,1-4H3;3-5H,1-2H3,(H,8,9)/b10-5-,15-6+,16-12-;6-3+. The summed E-state index contributed by atoms with van der Waals surface area (Å²) >= 11 is 0. The summed E-state index contributed by atoms with van der Waals surface area (Å²) in [4.78, 5) is 4.33. The highest BCUT2D eigenvalue weighted by atomic mass is 16.5. The minimum absolute atomic E-state index is 0.832. The third kappa shape index (κ3) is 7.77. The van der Waals surface area contributed by atoms with Gasteiger partial charge in [-0.05, 0) is 52.3 Å². The zero-order valence-corrected chi connectivity index (χ0v) is 17.1. The van der Waals surface area contributed by atoms with Crippen LogP contribution in [0.3, 0.4) is 0 Å². The Morgan fingerprint density at radius 2 is 1.96 bits per heavy atom. The maximum absolute atomic E-state index is 5.19. The van der Waals surface area contributed by atoms with Crippen molar-refractivity contribution in [1.29, 1.82) is 0 Å². The Hall–Kier alpha value is -3.08. The Balaban J connectivity index is 0.000000337. The van der Waals surface area contributed by atoms with Crippen LogP contribution in [0.4, 0.5) is 5.69 Å². The summed E-state index contributed by atoms with van der Waals surface area (Å²) < 4.78 is 5.19. The Morgan fingerprint density at radius 1 is 1.19 bits per heavy atom. The van der Waals surface area contributed by atoms with Gasteiger partial charge in [-0.1, -0.05) is 24.3 Å². The summed E-state index contributed by atoms with van der Waals surface area (Å²) in [6.45, 7) is 9.98. The monoisotopic (exact) mass is 366 g/mol. The van der Waals surface area contributed by atoms with E-state index in [2.05, 4.69) is 33.5 Å². The molecule has 0 fully saturated rings. The predicted molar refractivity (Wildman–Crippen MR) is 116 cm³/mol. The summed E-state index contributed by atoms with van der Waals surface area (Å²) in [5.41, 5.74) is 5.33. The third-order valence-electron chi connectivity index (χ3n) is 3.83. The number of aromatic amines is 1. The van der Waals surface area contributed by atoms with Gasteiger partial charge in [0.2, 0.25) is 0 Å². The van der Waals surface area contributed by atoms with E-state index < -0.39 is 0 Å². The molecule has 27 heavy (non-hydrogen) atoms. The van der Waals surface area contributed by atoms with E-state index in [1.165, 1.54) is 5.57 Å². The van der Waals surface area contributed by atoms with Crippen LogP contribution in [-0.4, -0.2) is 23.0 Å². The quantitative estimate of drug-likeness (QED) is 0.631. The molecule has 0 radical (unpaired) electrons. The van der Waals surface area contributed by atoms with Gasteiger partial charge in [-0.3, -0.25) is 10.1 Å². The van der Waals surface area contributed by atoms with E-state index in [9.17, 15) is 0 Å². The van der Waals surface area contributed by atoms with Gasteiger partial charge in [0.15, 0.2) is 0 Å². The first-order chi connectivity index (χ1) is 13.0. The van der Waals surface area contributed by atoms with Gasteiger partial charge in [0.1, 0.15) is 5.75 Å². The number of nitrogens with one attached hydrogen (secondary N) is 2. The van der Waals surface area contributed by atoms with Crippen LogP contribution in [0.25, 0.3) is 5.57 Å². The van der Waals surface area contributed by atoms with Crippen molar-refractivity contribution in [2.45, 2.75) is 34.6 Å². The number of hydrogen-bond donors (Lipinski definition) is 2. The molecular formula is C22H30N4O. The third-order valence-corrected chi connectivity index (χ3v) is 3.83. The lowest BCUT2D eigenvalue weighted by Gasteiger charge is -2.11. The van der Waals surface area contributed by atoms with Crippen LogP contribution in [0.1, 0.15) is 40.2 Å². The number of methoxy groups -OCH3 is 1. The van der Waals surface area contributed by atoms with E-state index in [0.717, 1.165) is 28.4 Å². The second kappa shape index (κ2) is 12.3. The molecule has 0 amide bonds. The normalized spacial score (nSPS) is 12.6. The fourth-order valence-electron chi connectivity index (χ4n) is 2.12. The largest absolute Gasteiger partial charge is 0.497 e. The smallest absolute Gasteiger partial charge is 0.120 e. The van der Waals surface area contributed by atoms with E-state index in [-0.39, 0.29) is 0 Å². The second-order valence-corrected chi connectivity index (χ2v) is 5.71. The van der Waals surface area contributed by atoms with Crippen molar-refractivity contribution < 1.29 is 4.74 Å². The van der Waals surface area contributed by atoms with E-state index >= 15 is 0 Å². The van der Waals surface area contributed by atoms with Gasteiger partial charge in [0.25, 0.3) is 0 Å². The van der Waals surface area contributed by atoms with Crippen LogP contribution < -0.4 is 10.1 Å². The summed E-state index contributed by atoms with van der Waals surface area (Å²) in [5, 5.41) is 9.91. The number of allylic oxidation sites excluding steroid dienone is 5. The van der Waals surface area contributed by atoms with E-state index in [1.807, 2.05) is 76.5 Å². The van der Waals surface area contributed by atoms with Gasteiger partial charge in [0, 0.05) is 29.7 Å². The van der Waals surface area contributed by atoms with Crippen LogP contribution >= 0.6 is 0 Å². The van der Waals surface area contributed by atoms with Gasteiger partial charge >= 0.3 is 0 Å². The van der Waals surface area contributed by atoms with Crippen LogP contribution in [0, 0.1) is 0 Å². The second-order valence-electron chi connectivity index (χ2n) is 5.71. The van der Waals surface area contributed by atoms with Gasteiger partial charge in [-0.2, -0.15) is 5.10 Å². The maximum Gasteiger partial charge on any atom is 0.120 e. The van der Waals surface area contributed by atoms with Gasteiger partial charge in [-0.25, -0.2) is 0 Å². The molecule has 0 saturated carbocycles. The Labute approximate surface area is 162 Å². The van der Waals surface area contributed by atoms with Crippen molar-refractivity contribution in [1.82, 2.24) is 10.2 Å². The fraction of sp³-hybridized carbons (Fsp3) is 0.273. The molecule has 0 aliphatic carbocycles. The lowest BCUT2D eigenvalue weighted by Crippen LogP contribution is -2.07. The van der Waals surface area contributed by atoms with Crippen molar-refractivity contribution in [3.63, 3.8) is 0 Å². The predicted octanol–water partition coefficient (Wildman–Crippen LogP) is 5.84. The van der Waals surface area contributed by atoms with Crippen LogP contribution in [0.15, 0.2) is 71.8 Å². The average Bonchev–Trinajstić information content (AvgIpc) is 3.25. The summed E-state index contributed by atoms with van der Waals surface area (Å²) in [5.74, 6) is 0.832. The zero-order chi connectivity index (χ0) is 20.1. The first-order valence-corrected chi connectivity index (χ1v) is 8.91. The fourth-order valence-corrected chi connectivity index (χ4v) is 2.12. The minimum atomic E-state index is 0.832. The molecule has 144 valence electrons. The Kier molecular flexibility index (Phi) is 10.0. The molecule has 2 aromatic rings. The van der Waals surface area contributed by atoms with E-state index in [1.54, 1.807) is 13.3 Å². The zero-order valence-electron chi connectivity index (χ0n) is 17.1. The minimum Gasteiger partial charge on any atom is -0.497 e. The molecular weight excluding hydrogens is 336 g/mol. The van der Waals surface area contributed by atoms with Crippen molar-refractivity contribution in [2.24, 2.45) is 4.99 Å². The number of ether oxygens (including phenoxy) is 1. The molecule has 2 rings (SSSR count). The van der Waals surface area contributed by atoms with Crippen molar-refractivity contribution in [3.05, 3.63) is 72.3 Å². The lowest BCUT2D eigenvalue weighted by molar-refractivity contribution is 0.415. The van der Waals surface area contributed by atoms with Crippen LogP contribution in [-0.2, 0) is 0 Å². The number of nitrogens with zero attached hydrogens (tertiary/aromatic N) is 2. The van der Waals surface area contributed by atoms with Crippen LogP contribution in [0.2, 0.25) is 0 Å². The summed E-state index contributed by atoms with van der Waals surface area (Å²) in [6, 6.07) is 7.82. The number of hydrogen-bond acceptors (Lipinski definition) is 4. The molecule has 0 spiro atoms. The van der Waals surface area contributed by atoms with Gasteiger partial charge in [0.05, 0.1) is 24.7 Å². The average molecular weight is 367 g/mol. The molecule has 2 N–H and O–H groups in total. The molecule has 0 aliphatic heterocycles. The Bertz CT molecular complexity index is 799. The number of anilines is 1. The van der Waals surface area contributed by atoms with Crippen molar-refractivity contribution >= 4 is 17.0 Å². The van der Waals surface area contributed by atoms with Gasteiger partial charge in [-0.15, -0.1) is 0 Å². The molecule has 0 aliphatic rings. The molecule has 0 atom stereocenters. The molecule has 1 aromatic heterocycles. The SMILES string of the molecule is C/C=C(\C)c1cn[nH]c1.C\C=C/N=C(C)\C(=C/C)Nc1cccc(OC)c1. The van der Waals surface area contributed by atoms with Gasteiger partial charge < -0.3 is 10.1 Å². The molecule has 0 saturated heterocycles. The molecule has 1 heterocycles. The van der Waals surface area contributed by atoms with E-state index in [0.29, 0.717) is 0 Å². The Morgan fingerprint density at radius 3 is 2.52 bits per heavy atom. The number of H-pyrrole nitrogens is 1. The molecule has 5 heteroatoms.